The molecule has 198 valence electrons. The zero-order valence-corrected chi connectivity index (χ0v) is 23.5. The Labute approximate surface area is 214 Å². The SMILES string of the molecule is CSCCC(NC(=O)OC(C)(C)C)C(=O)N(CCO)C(C(=O)NC(C)(C)C)c1ccc(C)cc1C. The summed E-state index contributed by atoms with van der Waals surface area (Å²) in [6.45, 7) is 14.3. The Balaban J connectivity index is 3.49. The fraction of sp³-hybridized carbons (Fsp3) is 0.654. The maximum atomic E-state index is 13.9. The van der Waals surface area contributed by atoms with Crippen LogP contribution in [0.2, 0.25) is 0 Å². The molecule has 0 aliphatic carbocycles. The van der Waals surface area contributed by atoms with E-state index < -0.39 is 35.2 Å². The molecule has 0 saturated heterocycles. The highest BCUT2D eigenvalue weighted by Gasteiger charge is 2.37. The molecule has 0 spiro atoms. The Kier molecular flexibility index (Phi) is 11.6. The van der Waals surface area contributed by atoms with Gasteiger partial charge in [-0.25, -0.2) is 4.79 Å². The van der Waals surface area contributed by atoms with Gasteiger partial charge in [0.25, 0.3) is 0 Å². The van der Waals surface area contributed by atoms with Crippen molar-refractivity contribution in [1.82, 2.24) is 15.5 Å². The van der Waals surface area contributed by atoms with Crippen molar-refractivity contribution in [2.45, 2.75) is 85.0 Å². The second-order valence-electron chi connectivity index (χ2n) is 10.7. The predicted octanol–water partition coefficient (Wildman–Crippen LogP) is 3.73. The minimum absolute atomic E-state index is 0.0693. The number of carbonyl (C=O) groups excluding carboxylic acids is 3. The second kappa shape index (κ2) is 13.2. The number of aliphatic hydroxyl groups excluding tert-OH is 1. The fourth-order valence-electron chi connectivity index (χ4n) is 3.64. The molecule has 0 bridgehead atoms. The van der Waals surface area contributed by atoms with E-state index in [4.69, 9.17) is 4.74 Å². The summed E-state index contributed by atoms with van der Waals surface area (Å²) in [5.74, 6) is -0.193. The van der Waals surface area contributed by atoms with Crippen LogP contribution in [-0.4, -0.2) is 70.3 Å². The fourth-order valence-corrected chi connectivity index (χ4v) is 4.11. The average Bonchev–Trinajstić information content (AvgIpc) is 2.69. The van der Waals surface area contributed by atoms with Gasteiger partial charge in [-0.1, -0.05) is 23.8 Å². The normalized spacial score (nSPS) is 13.5. The quantitative estimate of drug-likeness (QED) is 0.444. The van der Waals surface area contributed by atoms with E-state index in [2.05, 4.69) is 10.6 Å². The highest BCUT2D eigenvalue weighted by molar-refractivity contribution is 7.98. The van der Waals surface area contributed by atoms with Crippen LogP contribution in [0.1, 0.15) is 70.7 Å². The van der Waals surface area contributed by atoms with Crippen LogP contribution in [0.3, 0.4) is 0 Å². The number of thioether (sulfide) groups is 1. The summed E-state index contributed by atoms with van der Waals surface area (Å²) in [6.07, 6.45) is 1.56. The molecule has 0 radical (unpaired) electrons. The minimum Gasteiger partial charge on any atom is -0.444 e. The number of hydrogen-bond acceptors (Lipinski definition) is 6. The van der Waals surface area contributed by atoms with Gasteiger partial charge in [0.15, 0.2) is 0 Å². The third-order valence-electron chi connectivity index (χ3n) is 5.00. The molecule has 0 saturated carbocycles. The van der Waals surface area contributed by atoms with Crippen molar-refractivity contribution >= 4 is 29.7 Å². The molecule has 0 aromatic heterocycles. The number of nitrogens with zero attached hydrogens (tertiary/aromatic N) is 1. The van der Waals surface area contributed by atoms with Crippen LogP contribution in [0.25, 0.3) is 0 Å². The molecule has 35 heavy (non-hydrogen) atoms. The number of nitrogens with one attached hydrogen (secondary N) is 2. The van der Waals surface area contributed by atoms with Gasteiger partial charge in [-0.2, -0.15) is 11.8 Å². The smallest absolute Gasteiger partial charge is 0.408 e. The Morgan fingerprint density at radius 3 is 2.23 bits per heavy atom. The average molecular weight is 510 g/mol. The van der Waals surface area contributed by atoms with E-state index in [0.29, 0.717) is 17.7 Å². The monoisotopic (exact) mass is 509 g/mol. The standard InChI is InChI=1S/C26H43N3O5S/c1-17-10-11-19(18(2)16-17)21(22(31)28-25(3,4)5)29(13-14-30)23(32)20(12-15-35-9)27-24(33)34-26(6,7)8/h10-11,16,20-21,30H,12-15H2,1-9H3,(H,27,33)(H,28,31). The van der Waals surface area contributed by atoms with Gasteiger partial charge in [0, 0.05) is 12.1 Å². The zero-order chi connectivity index (χ0) is 27.0. The molecule has 9 heteroatoms. The van der Waals surface area contributed by atoms with Crippen LogP contribution < -0.4 is 10.6 Å². The van der Waals surface area contributed by atoms with Crippen LogP contribution >= 0.6 is 11.8 Å². The van der Waals surface area contributed by atoms with E-state index in [0.717, 1.165) is 11.1 Å². The molecular formula is C26H43N3O5S. The van der Waals surface area contributed by atoms with Gasteiger partial charge in [0.05, 0.1) is 6.61 Å². The van der Waals surface area contributed by atoms with E-state index in [-0.39, 0.29) is 19.1 Å². The highest BCUT2D eigenvalue weighted by atomic mass is 32.2. The zero-order valence-electron chi connectivity index (χ0n) is 22.7. The highest BCUT2D eigenvalue weighted by Crippen LogP contribution is 2.27. The molecule has 2 unspecified atom stereocenters. The molecule has 0 aliphatic heterocycles. The molecular weight excluding hydrogens is 466 g/mol. The largest absolute Gasteiger partial charge is 0.444 e. The van der Waals surface area contributed by atoms with Crippen molar-refractivity contribution in [2.24, 2.45) is 0 Å². The molecule has 1 aromatic carbocycles. The summed E-state index contributed by atoms with van der Waals surface area (Å²) in [7, 11) is 0. The Bertz CT molecular complexity index is 877. The lowest BCUT2D eigenvalue weighted by Gasteiger charge is -2.36. The van der Waals surface area contributed by atoms with Gasteiger partial charge >= 0.3 is 6.09 Å². The van der Waals surface area contributed by atoms with Gasteiger partial charge in [-0.05, 0) is 84.9 Å². The summed E-state index contributed by atoms with van der Waals surface area (Å²) in [5.41, 5.74) is 1.30. The van der Waals surface area contributed by atoms with Gasteiger partial charge in [0.2, 0.25) is 11.8 Å². The van der Waals surface area contributed by atoms with Gasteiger partial charge < -0.3 is 25.4 Å². The number of carbonyl (C=O) groups is 3. The van der Waals surface area contributed by atoms with Gasteiger partial charge in [-0.15, -0.1) is 0 Å². The first-order valence-corrected chi connectivity index (χ1v) is 13.3. The number of rotatable bonds is 10. The minimum atomic E-state index is -0.980. The summed E-state index contributed by atoms with van der Waals surface area (Å²) in [5, 5.41) is 15.5. The summed E-state index contributed by atoms with van der Waals surface area (Å²) < 4.78 is 5.37. The maximum absolute atomic E-state index is 13.9. The molecule has 8 nitrogen and oxygen atoms in total. The molecule has 3 N–H and O–H groups in total. The summed E-state index contributed by atoms with van der Waals surface area (Å²) in [6, 6.07) is 3.79. The lowest BCUT2D eigenvalue weighted by molar-refractivity contribution is -0.143. The number of amides is 3. The molecule has 0 aliphatic rings. The third kappa shape index (κ3) is 10.5. The van der Waals surface area contributed by atoms with E-state index in [1.54, 1.807) is 32.5 Å². The van der Waals surface area contributed by atoms with Crippen molar-refractivity contribution in [3.63, 3.8) is 0 Å². The Morgan fingerprint density at radius 1 is 1.11 bits per heavy atom. The third-order valence-corrected chi connectivity index (χ3v) is 5.65. The number of aryl methyl sites for hydroxylation is 2. The number of alkyl carbamates (subject to hydrolysis) is 1. The number of ether oxygens (including phenoxy) is 1. The number of hydrogen-bond donors (Lipinski definition) is 3. The van der Waals surface area contributed by atoms with E-state index in [9.17, 15) is 19.5 Å². The molecule has 0 fully saturated rings. The van der Waals surface area contributed by atoms with Crippen LogP contribution in [0.15, 0.2) is 18.2 Å². The first kappa shape index (κ1) is 30.8. The molecule has 1 aromatic rings. The summed E-state index contributed by atoms with van der Waals surface area (Å²) >= 11 is 1.54. The van der Waals surface area contributed by atoms with Crippen molar-refractivity contribution in [1.29, 1.82) is 0 Å². The van der Waals surface area contributed by atoms with Gasteiger partial charge in [-0.3, -0.25) is 9.59 Å². The van der Waals surface area contributed by atoms with Crippen molar-refractivity contribution in [3.05, 3.63) is 34.9 Å². The molecule has 3 amide bonds. The van der Waals surface area contributed by atoms with Crippen molar-refractivity contribution in [3.8, 4) is 0 Å². The first-order valence-electron chi connectivity index (χ1n) is 11.9. The molecule has 0 heterocycles. The number of aliphatic hydroxyl groups is 1. The molecule has 1 rings (SSSR count). The Hall–Kier alpha value is -2.26. The van der Waals surface area contributed by atoms with Crippen LogP contribution in [0, 0.1) is 13.8 Å². The topological polar surface area (TPSA) is 108 Å². The maximum Gasteiger partial charge on any atom is 0.408 e. The first-order chi connectivity index (χ1) is 16.1. The number of benzene rings is 1. The lowest BCUT2D eigenvalue weighted by atomic mass is 9.95. The molecule has 2 atom stereocenters. The van der Waals surface area contributed by atoms with Crippen LogP contribution in [-0.2, 0) is 14.3 Å². The van der Waals surface area contributed by atoms with Crippen LogP contribution in [0.4, 0.5) is 4.79 Å². The van der Waals surface area contributed by atoms with E-state index in [1.807, 2.05) is 59.1 Å². The van der Waals surface area contributed by atoms with Crippen molar-refractivity contribution < 1.29 is 24.2 Å². The van der Waals surface area contributed by atoms with Crippen molar-refractivity contribution in [2.75, 3.05) is 25.2 Å². The van der Waals surface area contributed by atoms with E-state index in [1.165, 1.54) is 4.90 Å². The second-order valence-corrected chi connectivity index (χ2v) is 11.7. The predicted molar refractivity (Wildman–Crippen MR) is 142 cm³/mol. The van der Waals surface area contributed by atoms with Crippen LogP contribution in [0.5, 0.6) is 0 Å². The Morgan fingerprint density at radius 2 is 1.74 bits per heavy atom. The summed E-state index contributed by atoms with van der Waals surface area (Å²) in [4.78, 5) is 41.3. The van der Waals surface area contributed by atoms with Gasteiger partial charge in [0.1, 0.15) is 17.7 Å². The van der Waals surface area contributed by atoms with E-state index >= 15 is 0 Å². The lowest BCUT2D eigenvalue weighted by Crippen LogP contribution is -2.55.